The SMILES string of the molecule is Cc1ccsc1CNc1ccc(Cl)cc1C(F)(F)F. The average Bonchev–Trinajstić information content (AvgIpc) is 2.72. The molecule has 19 heavy (non-hydrogen) atoms. The molecular weight excluding hydrogens is 295 g/mol. The van der Waals surface area contributed by atoms with Crippen LogP contribution in [-0.2, 0) is 12.7 Å². The minimum atomic E-state index is -4.42. The standard InChI is InChI=1S/C13H11ClF3NS/c1-8-4-5-19-12(8)7-18-11-3-2-9(14)6-10(11)13(15,16)17/h2-6,18H,7H2,1H3. The molecule has 0 unspecified atom stereocenters. The van der Waals surface area contributed by atoms with Gasteiger partial charge in [0.15, 0.2) is 0 Å². The summed E-state index contributed by atoms with van der Waals surface area (Å²) in [5, 5.41) is 4.81. The van der Waals surface area contributed by atoms with E-state index < -0.39 is 11.7 Å². The first-order valence-corrected chi connectivity index (χ1v) is 6.77. The van der Waals surface area contributed by atoms with Gasteiger partial charge in [0.25, 0.3) is 0 Å². The van der Waals surface area contributed by atoms with Gasteiger partial charge in [-0.25, -0.2) is 0 Å². The van der Waals surface area contributed by atoms with E-state index in [1.54, 1.807) is 0 Å². The van der Waals surface area contributed by atoms with Gasteiger partial charge in [0, 0.05) is 22.1 Å². The Bertz CT molecular complexity index is 578. The molecule has 0 saturated carbocycles. The predicted octanol–water partition coefficient (Wildman–Crippen LogP) is 5.34. The molecule has 0 spiro atoms. The Balaban J connectivity index is 2.23. The molecule has 1 heterocycles. The number of anilines is 1. The van der Waals surface area contributed by atoms with Crippen LogP contribution in [0.5, 0.6) is 0 Å². The molecule has 6 heteroatoms. The van der Waals surface area contributed by atoms with E-state index in [0.29, 0.717) is 6.54 Å². The van der Waals surface area contributed by atoms with E-state index in [1.165, 1.54) is 23.5 Å². The molecule has 0 radical (unpaired) electrons. The summed E-state index contributed by atoms with van der Waals surface area (Å²) in [5.74, 6) is 0. The van der Waals surface area contributed by atoms with Gasteiger partial charge in [0.1, 0.15) is 0 Å². The van der Waals surface area contributed by atoms with Crippen molar-refractivity contribution < 1.29 is 13.2 Å². The minimum Gasteiger partial charge on any atom is -0.380 e. The van der Waals surface area contributed by atoms with Crippen LogP contribution in [0.3, 0.4) is 0 Å². The highest BCUT2D eigenvalue weighted by Crippen LogP contribution is 2.36. The Morgan fingerprint density at radius 3 is 2.58 bits per heavy atom. The van der Waals surface area contributed by atoms with Crippen molar-refractivity contribution >= 4 is 28.6 Å². The van der Waals surface area contributed by atoms with E-state index in [-0.39, 0.29) is 10.7 Å². The van der Waals surface area contributed by atoms with E-state index in [0.717, 1.165) is 16.5 Å². The highest BCUT2D eigenvalue weighted by Gasteiger charge is 2.33. The van der Waals surface area contributed by atoms with E-state index in [2.05, 4.69) is 5.32 Å². The topological polar surface area (TPSA) is 12.0 Å². The zero-order valence-corrected chi connectivity index (χ0v) is 11.6. The molecule has 1 aromatic heterocycles. The lowest BCUT2D eigenvalue weighted by Gasteiger charge is -2.14. The number of halogens is 4. The predicted molar refractivity (Wildman–Crippen MR) is 72.8 cm³/mol. The monoisotopic (exact) mass is 305 g/mol. The van der Waals surface area contributed by atoms with Crippen molar-refractivity contribution in [3.63, 3.8) is 0 Å². The summed E-state index contributed by atoms with van der Waals surface area (Å²) in [6.07, 6.45) is -4.42. The van der Waals surface area contributed by atoms with Crippen LogP contribution in [0.2, 0.25) is 5.02 Å². The molecule has 1 N–H and O–H groups in total. The molecular formula is C13H11ClF3NS. The Kier molecular flexibility index (Phi) is 4.06. The van der Waals surface area contributed by atoms with Crippen LogP contribution < -0.4 is 5.32 Å². The van der Waals surface area contributed by atoms with Crippen molar-refractivity contribution in [3.8, 4) is 0 Å². The largest absolute Gasteiger partial charge is 0.418 e. The van der Waals surface area contributed by atoms with Crippen molar-refractivity contribution in [2.75, 3.05) is 5.32 Å². The summed E-state index contributed by atoms with van der Waals surface area (Å²) in [7, 11) is 0. The lowest BCUT2D eigenvalue weighted by atomic mass is 10.1. The maximum absolute atomic E-state index is 12.9. The van der Waals surface area contributed by atoms with Gasteiger partial charge in [-0.3, -0.25) is 0 Å². The maximum atomic E-state index is 12.9. The van der Waals surface area contributed by atoms with Crippen molar-refractivity contribution in [3.05, 3.63) is 50.7 Å². The molecule has 0 bridgehead atoms. The number of benzene rings is 1. The van der Waals surface area contributed by atoms with Crippen LogP contribution >= 0.6 is 22.9 Å². The third-order valence-corrected chi connectivity index (χ3v) is 3.95. The highest BCUT2D eigenvalue weighted by molar-refractivity contribution is 7.10. The second kappa shape index (κ2) is 5.43. The highest BCUT2D eigenvalue weighted by atomic mass is 35.5. The van der Waals surface area contributed by atoms with Gasteiger partial charge in [0.2, 0.25) is 0 Å². The third-order valence-electron chi connectivity index (χ3n) is 2.69. The fourth-order valence-electron chi connectivity index (χ4n) is 1.67. The van der Waals surface area contributed by atoms with Crippen molar-refractivity contribution in [1.82, 2.24) is 0 Å². The zero-order valence-electron chi connectivity index (χ0n) is 10.0. The van der Waals surface area contributed by atoms with Crippen molar-refractivity contribution in [1.29, 1.82) is 0 Å². The van der Waals surface area contributed by atoms with Gasteiger partial charge in [-0.15, -0.1) is 11.3 Å². The smallest absolute Gasteiger partial charge is 0.380 e. The van der Waals surface area contributed by atoms with E-state index in [9.17, 15) is 13.2 Å². The molecule has 0 aliphatic heterocycles. The normalized spacial score (nSPS) is 11.6. The second-order valence-corrected chi connectivity index (χ2v) is 5.51. The first-order chi connectivity index (χ1) is 8.88. The Labute approximate surface area is 118 Å². The molecule has 2 rings (SSSR count). The number of rotatable bonds is 3. The fraction of sp³-hybridized carbons (Fsp3) is 0.231. The molecule has 1 nitrogen and oxygen atoms in total. The van der Waals surface area contributed by atoms with Gasteiger partial charge in [0.05, 0.1) is 5.56 Å². The second-order valence-electron chi connectivity index (χ2n) is 4.07. The van der Waals surface area contributed by atoms with Crippen molar-refractivity contribution in [2.45, 2.75) is 19.6 Å². The molecule has 0 atom stereocenters. The Morgan fingerprint density at radius 2 is 2.00 bits per heavy atom. The average molecular weight is 306 g/mol. The summed E-state index contributed by atoms with van der Waals surface area (Å²) < 4.78 is 38.6. The van der Waals surface area contributed by atoms with E-state index in [1.807, 2.05) is 18.4 Å². The lowest BCUT2D eigenvalue weighted by molar-refractivity contribution is -0.136. The Morgan fingerprint density at radius 1 is 1.26 bits per heavy atom. The number of thiophene rings is 1. The Hall–Kier alpha value is -1.20. The van der Waals surface area contributed by atoms with Gasteiger partial charge in [-0.1, -0.05) is 11.6 Å². The van der Waals surface area contributed by atoms with Crippen molar-refractivity contribution in [2.24, 2.45) is 0 Å². The molecule has 0 saturated heterocycles. The van der Waals surface area contributed by atoms with Gasteiger partial charge in [-0.2, -0.15) is 13.2 Å². The minimum absolute atomic E-state index is 0.0460. The van der Waals surface area contributed by atoms with Crippen LogP contribution in [0.25, 0.3) is 0 Å². The summed E-state index contributed by atoms with van der Waals surface area (Å²) in [6.45, 7) is 2.30. The number of hydrogen-bond donors (Lipinski definition) is 1. The first-order valence-electron chi connectivity index (χ1n) is 5.51. The quantitative estimate of drug-likeness (QED) is 0.807. The molecule has 0 aliphatic rings. The summed E-state index contributed by atoms with van der Waals surface area (Å²) in [6, 6.07) is 5.67. The van der Waals surface area contributed by atoms with Crippen LogP contribution in [0.15, 0.2) is 29.6 Å². The molecule has 1 aromatic carbocycles. The van der Waals surface area contributed by atoms with Crippen LogP contribution in [-0.4, -0.2) is 0 Å². The maximum Gasteiger partial charge on any atom is 0.418 e. The van der Waals surface area contributed by atoms with Gasteiger partial charge >= 0.3 is 6.18 Å². The number of aryl methyl sites for hydroxylation is 1. The molecule has 0 aliphatic carbocycles. The molecule has 102 valence electrons. The lowest BCUT2D eigenvalue weighted by Crippen LogP contribution is -2.10. The summed E-state index contributed by atoms with van der Waals surface area (Å²) >= 11 is 7.14. The number of hydrogen-bond acceptors (Lipinski definition) is 2. The summed E-state index contributed by atoms with van der Waals surface area (Å²) in [4.78, 5) is 1.02. The van der Waals surface area contributed by atoms with E-state index in [4.69, 9.17) is 11.6 Å². The van der Waals surface area contributed by atoms with Crippen LogP contribution in [0.4, 0.5) is 18.9 Å². The third kappa shape index (κ3) is 3.42. The first kappa shape index (κ1) is 14.2. The summed E-state index contributed by atoms with van der Waals surface area (Å²) in [5.41, 5.74) is 0.374. The van der Waals surface area contributed by atoms with Crippen LogP contribution in [0, 0.1) is 6.92 Å². The molecule has 0 amide bonds. The number of nitrogens with one attached hydrogen (secondary N) is 1. The zero-order chi connectivity index (χ0) is 14.0. The fourth-order valence-corrected chi connectivity index (χ4v) is 2.68. The number of alkyl halides is 3. The van der Waals surface area contributed by atoms with E-state index >= 15 is 0 Å². The molecule has 0 fully saturated rings. The molecule has 2 aromatic rings. The van der Waals surface area contributed by atoms with Crippen LogP contribution in [0.1, 0.15) is 16.0 Å². The van der Waals surface area contributed by atoms with Gasteiger partial charge < -0.3 is 5.32 Å². The van der Waals surface area contributed by atoms with Gasteiger partial charge in [-0.05, 0) is 42.1 Å².